The Kier molecular flexibility index (Phi) is 3.48. The quantitative estimate of drug-likeness (QED) is 0.790. The third-order valence-corrected chi connectivity index (χ3v) is 4.75. The number of fused-ring (bicyclic) bond motifs is 1. The minimum atomic E-state index is -0.174. The van der Waals surface area contributed by atoms with Gasteiger partial charge in [0.2, 0.25) is 0 Å². The van der Waals surface area contributed by atoms with Crippen LogP contribution in [0.5, 0.6) is 0 Å². The summed E-state index contributed by atoms with van der Waals surface area (Å²) in [5, 5.41) is 4.24. The number of aromatic amines is 1. The number of aromatic nitrogens is 4. The fraction of sp³-hybridized carbons (Fsp3) is 0.353. The van der Waals surface area contributed by atoms with Crippen molar-refractivity contribution in [1.29, 1.82) is 0 Å². The highest BCUT2D eigenvalue weighted by atomic mass is 16.2. The lowest BCUT2D eigenvalue weighted by Crippen LogP contribution is -2.38. The average molecular weight is 325 g/mol. The van der Waals surface area contributed by atoms with Crippen molar-refractivity contribution in [2.45, 2.75) is 25.4 Å². The third-order valence-electron chi connectivity index (χ3n) is 4.75. The van der Waals surface area contributed by atoms with Crippen molar-refractivity contribution in [3.8, 4) is 0 Å². The molecule has 2 aromatic heterocycles. The van der Waals surface area contributed by atoms with Crippen molar-refractivity contribution in [2.24, 2.45) is 7.05 Å². The summed E-state index contributed by atoms with van der Waals surface area (Å²) in [5.74, 6) is 0.0104. The lowest BCUT2D eigenvalue weighted by molar-refractivity contribution is 0.0722. The van der Waals surface area contributed by atoms with E-state index in [1.165, 1.54) is 0 Å². The summed E-state index contributed by atoms with van der Waals surface area (Å²) < 4.78 is 3.41. The average Bonchev–Trinajstić information content (AvgIpc) is 3.30. The Morgan fingerprint density at radius 3 is 3.08 bits per heavy atom. The van der Waals surface area contributed by atoms with E-state index in [0.717, 1.165) is 24.9 Å². The van der Waals surface area contributed by atoms with Crippen molar-refractivity contribution in [1.82, 2.24) is 24.2 Å². The second-order valence-electron chi connectivity index (χ2n) is 6.24. The van der Waals surface area contributed by atoms with Gasteiger partial charge in [-0.25, -0.2) is 4.79 Å². The van der Waals surface area contributed by atoms with Gasteiger partial charge in [-0.2, -0.15) is 5.10 Å². The second-order valence-corrected chi connectivity index (χ2v) is 6.24. The molecule has 1 aliphatic rings. The molecule has 3 aromatic rings. The van der Waals surface area contributed by atoms with Gasteiger partial charge in [-0.05, 0) is 37.1 Å². The number of amides is 1. The molecule has 7 nitrogen and oxygen atoms in total. The number of H-pyrrole nitrogens is 1. The molecule has 1 aliphatic heterocycles. The lowest BCUT2D eigenvalue weighted by atomic mass is 10.1. The number of hydrogen-bond donors (Lipinski definition) is 1. The molecule has 1 aromatic carbocycles. The normalized spacial score (nSPS) is 17.7. The zero-order chi connectivity index (χ0) is 16.7. The van der Waals surface area contributed by atoms with E-state index in [1.807, 2.05) is 27.9 Å². The molecular weight excluding hydrogens is 306 g/mol. The molecule has 0 saturated carbocycles. The Labute approximate surface area is 138 Å². The van der Waals surface area contributed by atoms with Crippen LogP contribution in [-0.4, -0.2) is 42.7 Å². The molecule has 1 atom stereocenters. The van der Waals surface area contributed by atoms with E-state index >= 15 is 0 Å². The number of aryl methyl sites for hydroxylation is 1. The largest absolute Gasteiger partial charge is 0.334 e. The number of nitrogens with zero attached hydrogens (tertiary/aromatic N) is 4. The van der Waals surface area contributed by atoms with Gasteiger partial charge in [-0.15, -0.1) is 0 Å². The molecule has 0 bridgehead atoms. The Balaban J connectivity index is 1.61. The summed E-state index contributed by atoms with van der Waals surface area (Å²) >= 11 is 0. The van der Waals surface area contributed by atoms with Gasteiger partial charge in [-0.1, -0.05) is 0 Å². The molecular formula is C17H19N5O2. The molecule has 1 saturated heterocycles. The summed E-state index contributed by atoms with van der Waals surface area (Å²) in [4.78, 5) is 29.3. The van der Waals surface area contributed by atoms with Crippen LogP contribution in [0, 0.1) is 0 Å². The predicted molar refractivity (Wildman–Crippen MR) is 89.8 cm³/mol. The van der Waals surface area contributed by atoms with E-state index in [0.29, 0.717) is 17.6 Å². The van der Waals surface area contributed by atoms with Gasteiger partial charge in [0.25, 0.3) is 5.91 Å². The first-order chi connectivity index (χ1) is 11.6. The maximum Gasteiger partial charge on any atom is 0.326 e. The molecule has 0 aliphatic carbocycles. The summed E-state index contributed by atoms with van der Waals surface area (Å²) in [7, 11) is 1.71. The molecule has 1 N–H and O–H groups in total. The highest BCUT2D eigenvalue weighted by Crippen LogP contribution is 2.22. The van der Waals surface area contributed by atoms with Crippen LogP contribution in [0.2, 0.25) is 0 Å². The number of imidazole rings is 1. The van der Waals surface area contributed by atoms with Crippen molar-refractivity contribution >= 4 is 16.9 Å². The Hall–Kier alpha value is -2.83. The topological polar surface area (TPSA) is 75.9 Å². The number of nitrogens with one attached hydrogen (secondary N) is 1. The van der Waals surface area contributed by atoms with Crippen molar-refractivity contribution < 1.29 is 4.79 Å². The summed E-state index contributed by atoms with van der Waals surface area (Å²) in [6, 6.07) is 7.42. The van der Waals surface area contributed by atoms with Crippen molar-refractivity contribution in [3.05, 3.63) is 52.7 Å². The number of carbonyl (C=O) groups is 1. The zero-order valence-electron chi connectivity index (χ0n) is 13.5. The zero-order valence-corrected chi connectivity index (χ0v) is 13.5. The first kappa shape index (κ1) is 14.7. The Bertz CT molecular complexity index is 938. The standard InChI is InChI=1S/C17H19N5O2/c1-20-15-6-5-12(10-14(15)19-17(20)24)16(23)22-9-2-4-13(22)11-21-8-3-7-18-21/h3,5-8,10,13H,2,4,9,11H2,1H3,(H,19,24)/t13-/m1/s1. The lowest BCUT2D eigenvalue weighted by Gasteiger charge is -2.24. The molecule has 4 rings (SSSR count). The fourth-order valence-electron chi connectivity index (χ4n) is 3.45. The highest BCUT2D eigenvalue weighted by Gasteiger charge is 2.30. The molecule has 3 heterocycles. The number of hydrogen-bond acceptors (Lipinski definition) is 3. The van der Waals surface area contributed by atoms with Gasteiger partial charge in [0.05, 0.1) is 23.6 Å². The van der Waals surface area contributed by atoms with Crippen LogP contribution in [0.25, 0.3) is 11.0 Å². The molecule has 0 unspecified atom stereocenters. The maximum atomic E-state index is 12.9. The number of rotatable bonds is 3. The van der Waals surface area contributed by atoms with E-state index in [9.17, 15) is 9.59 Å². The van der Waals surface area contributed by atoms with Gasteiger partial charge in [-0.3, -0.25) is 14.0 Å². The van der Waals surface area contributed by atoms with Crippen molar-refractivity contribution in [3.63, 3.8) is 0 Å². The molecule has 24 heavy (non-hydrogen) atoms. The number of likely N-dealkylation sites (tertiary alicyclic amines) is 1. The van der Waals surface area contributed by atoms with Crippen LogP contribution in [0.4, 0.5) is 0 Å². The van der Waals surface area contributed by atoms with Crippen LogP contribution >= 0.6 is 0 Å². The molecule has 1 fully saturated rings. The summed E-state index contributed by atoms with van der Waals surface area (Å²) in [6.45, 7) is 1.47. The first-order valence-corrected chi connectivity index (χ1v) is 8.10. The second kappa shape index (κ2) is 5.67. The molecule has 1 amide bonds. The van der Waals surface area contributed by atoms with E-state index in [-0.39, 0.29) is 17.6 Å². The summed E-state index contributed by atoms with van der Waals surface area (Å²) in [5.41, 5.74) is 1.92. The van der Waals surface area contributed by atoms with Crippen LogP contribution in [0.15, 0.2) is 41.5 Å². The van der Waals surface area contributed by atoms with E-state index in [2.05, 4.69) is 10.1 Å². The Morgan fingerprint density at radius 1 is 1.42 bits per heavy atom. The molecule has 124 valence electrons. The highest BCUT2D eigenvalue weighted by molar-refractivity contribution is 5.97. The van der Waals surface area contributed by atoms with Crippen molar-refractivity contribution in [2.75, 3.05) is 6.54 Å². The maximum absolute atomic E-state index is 12.9. The van der Waals surface area contributed by atoms with Crippen LogP contribution in [0.1, 0.15) is 23.2 Å². The minimum absolute atomic E-state index is 0.0104. The minimum Gasteiger partial charge on any atom is -0.334 e. The van der Waals surface area contributed by atoms with Crippen LogP contribution in [-0.2, 0) is 13.6 Å². The van der Waals surface area contributed by atoms with Gasteiger partial charge in [0, 0.05) is 31.5 Å². The molecule has 0 spiro atoms. The van der Waals surface area contributed by atoms with E-state index in [4.69, 9.17) is 0 Å². The van der Waals surface area contributed by atoms with Gasteiger partial charge in [0.15, 0.2) is 0 Å². The Morgan fingerprint density at radius 2 is 2.29 bits per heavy atom. The fourth-order valence-corrected chi connectivity index (χ4v) is 3.45. The predicted octanol–water partition coefficient (Wildman–Crippen LogP) is 1.37. The van der Waals surface area contributed by atoms with Gasteiger partial charge >= 0.3 is 5.69 Å². The van der Waals surface area contributed by atoms with E-state index in [1.54, 1.807) is 29.9 Å². The smallest absolute Gasteiger partial charge is 0.326 e. The van der Waals surface area contributed by atoms with E-state index < -0.39 is 0 Å². The van der Waals surface area contributed by atoms with Gasteiger partial charge < -0.3 is 9.88 Å². The number of benzene rings is 1. The molecule has 0 radical (unpaired) electrons. The summed E-state index contributed by atoms with van der Waals surface area (Å²) in [6.07, 6.45) is 5.65. The van der Waals surface area contributed by atoms with Crippen LogP contribution in [0.3, 0.4) is 0 Å². The monoisotopic (exact) mass is 325 g/mol. The van der Waals surface area contributed by atoms with Gasteiger partial charge in [0.1, 0.15) is 0 Å². The number of carbonyl (C=O) groups excluding carboxylic acids is 1. The SMILES string of the molecule is Cn1c(=O)[nH]c2cc(C(=O)N3CCC[C@@H]3Cn3cccn3)ccc21. The molecule has 7 heteroatoms. The first-order valence-electron chi connectivity index (χ1n) is 8.10. The third kappa shape index (κ3) is 2.42. The van der Waals surface area contributed by atoms with Crippen LogP contribution < -0.4 is 5.69 Å².